The molecule has 0 aliphatic carbocycles. The number of carbonyl (C=O) groups excluding carboxylic acids is 3. The Balaban J connectivity index is 1.44. The number of benzene rings is 2. The zero-order chi connectivity index (χ0) is 27.8. The minimum absolute atomic E-state index is 0.0821. The van der Waals surface area contributed by atoms with Gasteiger partial charge in [0.25, 0.3) is 0 Å². The zero-order valence-corrected chi connectivity index (χ0v) is 21.8. The van der Waals surface area contributed by atoms with E-state index in [0.717, 1.165) is 24.1 Å². The molecule has 5 unspecified atom stereocenters. The van der Waals surface area contributed by atoms with Crippen LogP contribution in [0.25, 0.3) is 0 Å². The number of aliphatic hydroxyl groups excluding tert-OH is 1. The summed E-state index contributed by atoms with van der Waals surface area (Å²) in [5.74, 6) is -2.29. The van der Waals surface area contributed by atoms with Crippen LogP contribution in [0.3, 0.4) is 0 Å². The highest BCUT2D eigenvalue weighted by molar-refractivity contribution is 5.91. The summed E-state index contributed by atoms with van der Waals surface area (Å²) < 4.78 is 0. The van der Waals surface area contributed by atoms with E-state index in [1.54, 1.807) is 24.3 Å². The van der Waals surface area contributed by atoms with Crippen molar-refractivity contribution in [3.05, 3.63) is 71.8 Å². The van der Waals surface area contributed by atoms with Crippen molar-refractivity contribution in [2.24, 2.45) is 0 Å². The highest BCUT2D eigenvalue weighted by Gasteiger charge is 2.42. The Morgan fingerprint density at radius 2 is 1.59 bits per heavy atom. The normalized spacial score (nSPS) is 22.2. The van der Waals surface area contributed by atoms with E-state index < -0.39 is 42.0 Å². The topological polar surface area (TPSA) is 148 Å². The third-order valence-corrected chi connectivity index (χ3v) is 7.24. The lowest BCUT2D eigenvalue weighted by Gasteiger charge is -2.28. The van der Waals surface area contributed by atoms with Crippen LogP contribution in [0.4, 0.5) is 0 Å². The Morgan fingerprint density at radius 1 is 0.949 bits per heavy atom. The molecule has 0 radical (unpaired) electrons. The van der Waals surface area contributed by atoms with Crippen molar-refractivity contribution in [3.63, 3.8) is 0 Å². The lowest BCUT2D eigenvalue weighted by Crippen LogP contribution is -2.53. The highest BCUT2D eigenvalue weighted by atomic mass is 16.4. The molecule has 2 aromatic carbocycles. The molecule has 208 valence electrons. The molecule has 2 saturated heterocycles. The summed E-state index contributed by atoms with van der Waals surface area (Å²) in [6.07, 6.45) is 1.19. The molecule has 10 heteroatoms. The van der Waals surface area contributed by atoms with Crippen LogP contribution in [-0.4, -0.2) is 82.2 Å². The van der Waals surface area contributed by atoms with Gasteiger partial charge in [-0.2, -0.15) is 0 Å². The van der Waals surface area contributed by atoms with Crippen molar-refractivity contribution in [2.45, 2.75) is 68.8 Å². The number of likely N-dealkylation sites (tertiary alicyclic amines) is 1. The molecule has 2 aliphatic rings. The fourth-order valence-electron chi connectivity index (χ4n) is 5.30. The van der Waals surface area contributed by atoms with Crippen molar-refractivity contribution in [3.8, 4) is 0 Å². The SMILES string of the molecule is O=C(CC(Cc1ccccc1)NC(=O)C1CC(O)CN1C(=O)C1CCCN1)NC(Cc1ccccc1)C(=O)O. The van der Waals surface area contributed by atoms with Crippen molar-refractivity contribution >= 4 is 23.7 Å². The zero-order valence-electron chi connectivity index (χ0n) is 21.8. The average molecular weight is 537 g/mol. The van der Waals surface area contributed by atoms with Crippen LogP contribution < -0.4 is 16.0 Å². The maximum Gasteiger partial charge on any atom is 0.326 e. The van der Waals surface area contributed by atoms with E-state index >= 15 is 0 Å². The van der Waals surface area contributed by atoms with E-state index in [2.05, 4.69) is 16.0 Å². The monoisotopic (exact) mass is 536 g/mol. The van der Waals surface area contributed by atoms with Crippen LogP contribution >= 0.6 is 0 Å². The number of nitrogens with one attached hydrogen (secondary N) is 3. The van der Waals surface area contributed by atoms with Gasteiger partial charge in [0.05, 0.1) is 12.1 Å². The summed E-state index contributed by atoms with van der Waals surface area (Å²) in [5.41, 5.74) is 1.67. The Hall–Kier alpha value is -3.76. The molecule has 0 bridgehead atoms. The van der Waals surface area contributed by atoms with Crippen LogP contribution in [0.15, 0.2) is 60.7 Å². The number of hydrogen-bond acceptors (Lipinski definition) is 6. The summed E-state index contributed by atoms with van der Waals surface area (Å²) in [7, 11) is 0. The molecule has 2 fully saturated rings. The second-order valence-corrected chi connectivity index (χ2v) is 10.3. The molecule has 2 heterocycles. The summed E-state index contributed by atoms with van der Waals surface area (Å²) >= 11 is 0. The van der Waals surface area contributed by atoms with Crippen LogP contribution in [-0.2, 0) is 32.0 Å². The number of aliphatic carboxylic acids is 1. The Morgan fingerprint density at radius 3 is 2.18 bits per heavy atom. The van der Waals surface area contributed by atoms with E-state index in [-0.39, 0.29) is 37.8 Å². The summed E-state index contributed by atoms with van der Waals surface area (Å²) in [5, 5.41) is 28.6. The van der Waals surface area contributed by atoms with Crippen LogP contribution in [0, 0.1) is 0 Å². The minimum atomic E-state index is -1.15. The van der Waals surface area contributed by atoms with Gasteiger partial charge in [-0.3, -0.25) is 14.4 Å². The first-order valence-corrected chi connectivity index (χ1v) is 13.4. The average Bonchev–Trinajstić information content (AvgIpc) is 3.59. The van der Waals surface area contributed by atoms with Gasteiger partial charge < -0.3 is 31.1 Å². The second-order valence-electron chi connectivity index (χ2n) is 10.3. The Kier molecular flexibility index (Phi) is 9.67. The lowest BCUT2D eigenvalue weighted by molar-refractivity contribution is -0.142. The number of carbonyl (C=O) groups is 4. The van der Waals surface area contributed by atoms with Gasteiger partial charge in [0, 0.05) is 31.8 Å². The number of nitrogens with zero attached hydrogens (tertiary/aromatic N) is 1. The molecule has 0 aromatic heterocycles. The standard InChI is InChI=1S/C29H36N4O6/c34-22-17-25(33(18-22)28(37)23-12-7-13-30-23)27(36)31-21(14-19-8-3-1-4-9-19)16-26(35)32-24(29(38)39)15-20-10-5-2-6-11-20/h1-6,8-11,21-25,30,34H,7,12-18H2,(H,31,36)(H,32,35)(H,38,39). The first-order chi connectivity index (χ1) is 18.8. The molecule has 10 nitrogen and oxygen atoms in total. The number of carboxylic acid groups (broad SMARTS) is 1. The first-order valence-electron chi connectivity index (χ1n) is 13.4. The Bertz CT molecular complexity index is 1140. The number of β-amino-alcohol motifs (C(OH)–C–C–N with tert-alkyl or cyclic N) is 1. The van der Waals surface area contributed by atoms with Gasteiger partial charge in [0.15, 0.2) is 0 Å². The van der Waals surface area contributed by atoms with Gasteiger partial charge >= 0.3 is 5.97 Å². The maximum atomic E-state index is 13.4. The molecular weight excluding hydrogens is 500 g/mol. The molecule has 4 rings (SSSR count). The van der Waals surface area contributed by atoms with Crippen LogP contribution in [0.1, 0.15) is 36.8 Å². The van der Waals surface area contributed by atoms with E-state index in [0.29, 0.717) is 12.8 Å². The fraction of sp³-hybridized carbons (Fsp3) is 0.448. The number of rotatable bonds is 11. The van der Waals surface area contributed by atoms with E-state index in [1.165, 1.54) is 4.90 Å². The van der Waals surface area contributed by atoms with E-state index in [4.69, 9.17) is 0 Å². The van der Waals surface area contributed by atoms with Gasteiger partial charge in [-0.05, 0) is 36.9 Å². The van der Waals surface area contributed by atoms with Crippen LogP contribution in [0.5, 0.6) is 0 Å². The Labute approximate surface area is 227 Å². The molecule has 2 aliphatic heterocycles. The number of hydrogen-bond donors (Lipinski definition) is 5. The smallest absolute Gasteiger partial charge is 0.326 e. The van der Waals surface area contributed by atoms with Gasteiger partial charge in [-0.1, -0.05) is 60.7 Å². The van der Waals surface area contributed by atoms with Crippen molar-refractivity contribution in [1.82, 2.24) is 20.9 Å². The second kappa shape index (κ2) is 13.3. The summed E-state index contributed by atoms with van der Waals surface area (Å²) in [6.45, 7) is 0.818. The number of amides is 3. The minimum Gasteiger partial charge on any atom is -0.480 e. The number of carboxylic acids is 1. The molecule has 39 heavy (non-hydrogen) atoms. The predicted octanol–water partition coefficient (Wildman–Crippen LogP) is 0.630. The molecule has 0 spiro atoms. The van der Waals surface area contributed by atoms with Crippen molar-refractivity contribution in [1.29, 1.82) is 0 Å². The molecule has 5 N–H and O–H groups in total. The first kappa shape index (κ1) is 28.3. The van der Waals surface area contributed by atoms with Gasteiger partial charge in [-0.15, -0.1) is 0 Å². The molecule has 5 atom stereocenters. The lowest BCUT2D eigenvalue weighted by atomic mass is 10.0. The predicted molar refractivity (Wildman–Crippen MR) is 144 cm³/mol. The molecule has 0 saturated carbocycles. The van der Waals surface area contributed by atoms with Crippen molar-refractivity contribution < 1.29 is 29.4 Å². The molecule has 3 amide bonds. The van der Waals surface area contributed by atoms with Gasteiger partial charge in [0.2, 0.25) is 17.7 Å². The summed E-state index contributed by atoms with van der Waals surface area (Å²) in [4.78, 5) is 52.8. The van der Waals surface area contributed by atoms with Crippen molar-refractivity contribution in [2.75, 3.05) is 13.1 Å². The number of aliphatic hydroxyl groups is 1. The molecule has 2 aromatic rings. The van der Waals surface area contributed by atoms with Gasteiger partial charge in [0.1, 0.15) is 12.1 Å². The van der Waals surface area contributed by atoms with Crippen LogP contribution in [0.2, 0.25) is 0 Å². The highest BCUT2D eigenvalue weighted by Crippen LogP contribution is 2.22. The third-order valence-electron chi connectivity index (χ3n) is 7.24. The quantitative estimate of drug-likeness (QED) is 0.283. The fourth-order valence-corrected chi connectivity index (χ4v) is 5.30. The van der Waals surface area contributed by atoms with Gasteiger partial charge in [-0.25, -0.2) is 4.79 Å². The largest absolute Gasteiger partial charge is 0.480 e. The van der Waals surface area contributed by atoms with E-state index in [1.807, 2.05) is 36.4 Å². The molecular formula is C29H36N4O6. The maximum absolute atomic E-state index is 13.4. The third kappa shape index (κ3) is 7.87. The van der Waals surface area contributed by atoms with E-state index in [9.17, 15) is 29.4 Å². The summed E-state index contributed by atoms with van der Waals surface area (Å²) in [6, 6.07) is 15.4.